The van der Waals surface area contributed by atoms with Crippen molar-refractivity contribution in [2.24, 2.45) is 11.5 Å². The quantitative estimate of drug-likeness (QED) is 0.0284. The van der Waals surface area contributed by atoms with Crippen LogP contribution in [0.25, 0.3) is 11.1 Å². The van der Waals surface area contributed by atoms with Gasteiger partial charge in [-0.3, -0.25) is 62.3 Å². The Balaban J connectivity index is 1.91. The van der Waals surface area contributed by atoms with E-state index >= 15 is 4.39 Å². The third kappa shape index (κ3) is 26.7. The second kappa shape index (κ2) is 40.2. The van der Waals surface area contributed by atoms with E-state index in [0.29, 0.717) is 24.2 Å². The zero-order valence-electron chi connectivity index (χ0n) is 56.3. The number of ether oxygens (including phenoxy) is 1. The van der Waals surface area contributed by atoms with Crippen LogP contribution in [0.15, 0.2) is 66.7 Å². The van der Waals surface area contributed by atoms with E-state index in [-0.39, 0.29) is 18.4 Å². The van der Waals surface area contributed by atoms with Crippen LogP contribution in [-0.4, -0.2) is 195 Å². The first kappa shape index (κ1) is 82.6. The van der Waals surface area contributed by atoms with Crippen LogP contribution in [0, 0.1) is 5.82 Å². The number of carboxylic acid groups (broad SMARTS) is 2. The van der Waals surface area contributed by atoms with E-state index in [2.05, 4.69) is 60.1 Å². The summed E-state index contributed by atoms with van der Waals surface area (Å²) in [4.78, 5) is 173. The van der Waals surface area contributed by atoms with Crippen molar-refractivity contribution in [1.29, 1.82) is 0 Å². The van der Waals surface area contributed by atoms with E-state index < -0.39 is 194 Å². The summed E-state index contributed by atoms with van der Waals surface area (Å²) < 4.78 is 20.8. The number of carboxylic acids is 2. The summed E-state index contributed by atoms with van der Waals surface area (Å²) in [5.74, 6) is -15.6. The molecule has 3 rings (SSSR count). The lowest BCUT2D eigenvalue weighted by Crippen LogP contribution is -2.67. The molecule has 19 N–H and O–H groups in total. The monoisotopic (exact) mass is 1380 g/mol. The maximum absolute atomic E-state index is 15.4. The highest BCUT2D eigenvalue weighted by Crippen LogP contribution is 2.29. The largest absolute Gasteiger partial charge is 0.497 e. The van der Waals surface area contributed by atoms with E-state index in [0.717, 1.165) is 75.6 Å². The molecule has 540 valence electrons. The van der Waals surface area contributed by atoms with Gasteiger partial charge < -0.3 is 94.9 Å². The number of unbranched alkanes of at least 4 members (excludes halogenated alkanes) is 5. The Morgan fingerprint density at radius 3 is 1.74 bits per heavy atom. The van der Waals surface area contributed by atoms with Gasteiger partial charge in [-0.15, -0.1) is 0 Å². The average molecular weight is 1380 g/mol. The highest BCUT2D eigenvalue weighted by atomic mass is 19.1. The van der Waals surface area contributed by atoms with Gasteiger partial charge in [0.25, 0.3) is 0 Å². The van der Waals surface area contributed by atoms with Gasteiger partial charge in [0.2, 0.25) is 65.0 Å². The molecule has 11 amide bonds. The number of nitrogens with two attached hydrogens (primary N) is 2. The Hall–Kier alpha value is -9.66. The summed E-state index contributed by atoms with van der Waals surface area (Å²) in [7, 11) is 1.55. The lowest BCUT2D eigenvalue weighted by molar-refractivity contribution is -0.142. The van der Waals surface area contributed by atoms with Crippen molar-refractivity contribution in [1.82, 2.24) is 53.2 Å². The summed E-state index contributed by atoms with van der Waals surface area (Å²) in [6.07, 6.45) is -1.02. The van der Waals surface area contributed by atoms with Gasteiger partial charge in [-0.05, 0) is 99.9 Å². The molecule has 0 aliphatic heterocycles. The van der Waals surface area contributed by atoms with Crippen LogP contribution in [0.3, 0.4) is 0 Å². The first-order chi connectivity index (χ1) is 46.1. The fourth-order valence-electron chi connectivity index (χ4n) is 10.1. The zero-order chi connectivity index (χ0) is 73.6. The minimum absolute atomic E-state index is 0.160. The SMILES string of the molecule is CCCCCCCC[C@H](NC(=O)[C@H](Cc1ccc(-c2ccc(OC)cc2CC)cc1)NC(=O)[C@H](CC(=O)O)NC(=O)[C@H](CO)NC(=O)[C@@H](NC(=O)[C@](C)(Cc1ccccc1F)NC(=O)[C@@H](NC(=O)CNC(=O)[C@H](CCC(=O)O)NC(=O)C(C)(C)NC(=O)CN)[C@@H](C)O)[C@@H](C)O)C(N)=O. The number of aliphatic hydroxyl groups is 3. The number of aliphatic hydroxyl groups excluding tert-OH is 3. The van der Waals surface area contributed by atoms with Gasteiger partial charge in [0.05, 0.1) is 45.4 Å². The smallest absolute Gasteiger partial charge is 0.305 e. The fraction of sp³-hybridized carbons (Fsp3) is 0.530. The summed E-state index contributed by atoms with van der Waals surface area (Å²) >= 11 is 0. The van der Waals surface area contributed by atoms with E-state index in [1.54, 1.807) is 37.4 Å². The number of aryl methyl sites for hydroxylation is 1. The van der Waals surface area contributed by atoms with Gasteiger partial charge in [-0.25, -0.2) is 4.39 Å². The third-order valence-corrected chi connectivity index (χ3v) is 15.8. The first-order valence-electron chi connectivity index (χ1n) is 32.1. The normalized spacial score (nSPS) is 14.6. The molecule has 0 unspecified atom stereocenters. The van der Waals surface area contributed by atoms with Crippen molar-refractivity contribution in [2.75, 3.05) is 26.8 Å². The molecule has 3 aromatic rings. The number of primary amides is 1. The predicted octanol–water partition coefficient (Wildman–Crippen LogP) is -1.58. The number of carbonyl (C=O) groups is 13. The number of halogens is 1. The second-order valence-corrected chi connectivity index (χ2v) is 24.4. The molecule has 0 radical (unpaired) electrons. The van der Waals surface area contributed by atoms with Crippen LogP contribution < -0.4 is 69.4 Å². The van der Waals surface area contributed by atoms with Crippen LogP contribution in [-0.2, 0) is 81.6 Å². The number of methoxy groups -OCH3 is 1. The zero-order valence-corrected chi connectivity index (χ0v) is 56.3. The van der Waals surface area contributed by atoms with Crippen LogP contribution in [0.1, 0.15) is 129 Å². The van der Waals surface area contributed by atoms with E-state index in [9.17, 15) is 87.9 Å². The molecule has 0 fully saturated rings. The molecule has 0 spiro atoms. The topological polar surface area (TPSA) is 505 Å². The van der Waals surface area contributed by atoms with Crippen molar-refractivity contribution >= 4 is 76.9 Å². The van der Waals surface area contributed by atoms with Gasteiger partial charge in [0.1, 0.15) is 64.9 Å². The van der Waals surface area contributed by atoms with Crippen LogP contribution in [0.4, 0.5) is 4.39 Å². The van der Waals surface area contributed by atoms with Crippen molar-refractivity contribution in [2.45, 2.75) is 198 Å². The molecule has 32 heteroatoms. The first-order valence-corrected chi connectivity index (χ1v) is 32.1. The highest BCUT2D eigenvalue weighted by Gasteiger charge is 2.43. The lowest BCUT2D eigenvalue weighted by Gasteiger charge is -2.34. The summed E-state index contributed by atoms with van der Waals surface area (Å²) in [6.45, 7) is 6.94. The van der Waals surface area contributed by atoms with E-state index in [4.69, 9.17) is 16.2 Å². The average Bonchev–Trinajstić information content (AvgIpc) is 0.815. The molecule has 0 saturated heterocycles. The Kier molecular flexibility index (Phi) is 33.8. The molecule has 0 aliphatic rings. The van der Waals surface area contributed by atoms with Crippen molar-refractivity contribution in [3.63, 3.8) is 0 Å². The Labute approximate surface area is 567 Å². The van der Waals surface area contributed by atoms with Crippen LogP contribution in [0.5, 0.6) is 5.75 Å². The van der Waals surface area contributed by atoms with E-state index in [1.165, 1.54) is 32.0 Å². The minimum Gasteiger partial charge on any atom is -0.497 e. The number of nitrogens with one attached hydrogen (secondary N) is 10. The van der Waals surface area contributed by atoms with Crippen LogP contribution >= 0.6 is 0 Å². The minimum atomic E-state index is -2.40. The Morgan fingerprint density at radius 2 is 1.17 bits per heavy atom. The van der Waals surface area contributed by atoms with Crippen molar-refractivity contribution in [3.8, 4) is 16.9 Å². The number of hydrogen-bond acceptors (Lipinski definition) is 18. The molecule has 98 heavy (non-hydrogen) atoms. The van der Waals surface area contributed by atoms with Gasteiger partial charge in [0.15, 0.2) is 0 Å². The molecule has 0 aliphatic carbocycles. The molecule has 0 bridgehead atoms. The molecular formula is C66H95FN12O19. The predicted molar refractivity (Wildman–Crippen MR) is 353 cm³/mol. The lowest BCUT2D eigenvalue weighted by atomic mass is 9.90. The summed E-state index contributed by atoms with van der Waals surface area (Å²) in [5.41, 5.74) is 9.96. The molecule has 10 atom stereocenters. The standard InChI is InChI=1S/C66H95FN12O19/c1-9-11-12-13-14-15-20-45(56(69)89)71-58(91)47(29-38-21-23-40(24-22-38)43-26-25-42(98-8)30-39(43)10-2)72-59(92)48(31-53(87)88)73-60(93)49(35-80)74-61(94)54(36(3)81)77-64(97)66(7,32-41-18-16-17-19-44(41)67)79-62(95)55(37(4)82)76-51(84)34-70-57(90)46(27-28-52(85)86)75-63(96)65(5,6)78-50(83)33-68/h16-19,21-26,30,36-37,45-49,54-55,80-82H,9-15,20,27-29,31-35,68H2,1-8H3,(H2,69,89)(H,70,90)(H,71,91)(H,72,92)(H,73,93)(H,74,94)(H,75,96)(H,76,84)(H,77,97)(H,78,83)(H,79,95)(H,85,86)(H,87,88)/t36-,37-,45+,46+,47+,48+,49+,54+,55+,66+/m1/s1. The van der Waals surface area contributed by atoms with E-state index in [1.807, 2.05) is 19.1 Å². The maximum Gasteiger partial charge on any atom is 0.305 e. The molecule has 0 heterocycles. The fourth-order valence-corrected chi connectivity index (χ4v) is 10.1. The Bertz CT molecular complexity index is 3280. The molecular weight excluding hydrogens is 1280 g/mol. The number of rotatable bonds is 43. The molecule has 0 saturated carbocycles. The van der Waals surface area contributed by atoms with Gasteiger partial charge >= 0.3 is 11.9 Å². The van der Waals surface area contributed by atoms with Crippen molar-refractivity contribution in [3.05, 3.63) is 89.2 Å². The van der Waals surface area contributed by atoms with Gasteiger partial charge in [-0.1, -0.05) is 101 Å². The summed E-state index contributed by atoms with van der Waals surface area (Å²) in [6, 6.07) is 4.94. The third-order valence-electron chi connectivity index (χ3n) is 15.8. The maximum atomic E-state index is 15.4. The van der Waals surface area contributed by atoms with Crippen LogP contribution in [0.2, 0.25) is 0 Å². The number of benzene rings is 3. The summed E-state index contributed by atoms with van der Waals surface area (Å²) in [5, 5.41) is 74.5. The second-order valence-electron chi connectivity index (χ2n) is 24.4. The number of hydrogen-bond donors (Lipinski definition) is 17. The number of amides is 11. The molecule has 0 aromatic heterocycles. The Morgan fingerprint density at radius 1 is 0.592 bits per heavy atom. The van der Waals surface area contributed by atoms with Gasteiger partial charge in [0, 0.05) is 19.3 Å². The highest BCUT2D eigenvalue weighted by molar-refractivity contribution is 6.00. The van der Waals surface area contributed by atoms with Gasteiger partial charge in [-0.2, -0.15) is 0 Å². The number of aliphatic carboxylic acids is 2. The van der Waals surface area contributed by atoms with Crippen molar-refractivity contribution < 1.29 is 97.0 Å². The molecule has 3 aromatic carbocycles. The molecule has 31 nitrogen and oxygen atoms in total. The number of carbonyl (C=O) groups excluding carboxylic acids is 11.